The van der Waals surface area contributed by atoms with Crippen LogP contribution in [0.5, 0.6) is 0 Å². The number of nitrogens with one attached hydrogen (secondary N) is 1. The van der Waals surface area contributed by atoms with Gasteiger partial charge in [-0.15, -0.1) is 0 Å². The molecule has 5 heteroatoms. The molecule has 0 saturated heterocycles. The molecule has 1 aliphatic heterocycles. The summed E-state index contributed by atoms with van der Waals surface area (Å²) in [6.45, 7) is 1.50. The van der Waals surface area contributed by atoms with E-state index in [0.717, 1.165) is 36.2 Å². The number of aryl methyl sites for hydroxylation is 2. The van der Waals surface area contributed by atoms with Gasteiger partial charge in [0.2, 0.25) is 0 Å². The molecule has 0 saturated carbocycles. The topological polar surface area (TPSA) is 50.2 Å². The average molecular weight is 284 g/mol. The summed E-state index contributed by atoms with van der Waals surface area (Å²) in [5.74, 6) is 0.0464. The summed E-state index contributed by atoms with van der Waals surface area (Å²) in [7, 11) is 3.71. The maximum atomic E-state index is 12.7. The predicted molar refractivity (Wildman–Crippen MR) is 82.3 cm³/mol. The summed E-state index contributed by atoms with van der Waals surface area (Å²) in [5, 5.41) is 7.51. The van der Waals surface area contributed by atoms with Crippen LogP contribution < -0.4 is 5.32 Å². The summed E-state index contributed by atoms with van der Waals surface area (Å²) in [6.07, 6.45) is 5.89. The van der Waals surface area contributed by atoms with E-state index in [4.69, 9.17) is 0 Å². The van der Waals surface area contributed by atoms with E-state index in [9.17, 15) is 4.79 Å². The highest BCUT2D eigenvalue weighted by Crippen LogP contribution is 2.27. The zero-order valence-electron chi connectivity index (χ0n) is 12.5. The van der Waals surface area contributed by atoms with Crippen molar-refractivity contribution in [1.29, 1.82) is 0 Å². The number of nitrogens with zero attached hydrogens (tertiary/aromatic N) is 3. The van der Waals surface area contributed by atoms with Crippen molar-refractivity contribution >= 4 is 11.6 Å². The molecule has 1 N–H and O–H groups in total. The Kier molecular flexibility index (Phi) is 3.64. The molecule has 21 heavy (non-hydrogen) atoms. The molecular formula is C16H20N4O. The highest BCUT2D eigenvalue weighted by atomic mass is 16.2. The van der Waals surface area contributed by atoms with Crippen LogP contribution in [-0.2, 0) is 20.0 Å². The van der Waals surface area contributed by atoms with E-state index in [0.29, 0.717) is 6.54 Å². The van der Waals surface area contributed by atoms with Crippen molar-refractivity contribution < 1.29 is 4.79 Å². The van der Waals surface area contributed by atoms with E-state index in [1.54, 1.807) is 15.8 Å². The Morgan fingerprint density at radius 3 is 3.10 bits per heavy atom. The van der Waals surface area contributed by atoms with Crippen LogP contribution in [0.3, 0.4) is 0 Å². The summed E-state index contributed by atoms with van der Waals surface area (Å²) in [6, 6.07) is 5.97. The van der Waals surface area contributed by atoms with E-state index in [-0.39, 0.29) is 5.91 Å². The van der Waals surface area contributed by atoms with Crippen molar-refractivity contribution in [3.63, 3.8) is 0 Å². The van der Waals surface area contributed by atoms with Gasteiger partial charge in [-0.2, -0.15) is 5.10 Å². The number of carbonyl (C=O) groups excluding carboxylic acids is 1. The van der Waals surface area contributed by atoms with Crippen LogP contribution in [0, 0.1) is 0 Å². The van der Waals surface area contributed by atoms with E-state index < -0.39 is 0 Å². The SMILES string of the molecule is CN(Cc1cnn(C)c1)C(=O)c1cccc2c1NCCC2. The molecule has 5 nitrogen and oxygen atoms in total. The van der Waals surface area contributed by atoms with E-state index in [2.05, 4.69) is 16.5 Å². The van der Waals surface area contributed by atoms with Gasteiger partial charge in [0.05, 0.1) is 17.4 Å². The normalized spacial score (nSPS) is 13.4. The van der Waals surface area contributed by atoms with Gasteiger partial charge in [-0.25, -0.2) is 0 Å². The van der Waals surface area contributed by atoms with Gasteiger partial charge in [0.25, 0.3) is 5.91 Å². The largest absolute Gasteiger partial charge is 0.384 e. The number of benzene rings is 1. The predicted octanol–water partition coefficient (Wildman–Crippen LogP) is 2.05. The fraction of sp³-hybridized carbons (Fsp3) is 0.375. The molecule has 2 heterocycles. The first-order valence-electron chi connectivity index (χ1n) is 7.24. The minimum absolute atomic E-state index is 0.0464. The first-order valence-corrected chi connectivity index (χ1v) is 7.24. The van der Waals surface area contributed by atoms with Crippen LogP contribution in [0.1, 0.15) is 27.9 Å². The number of hydrogen-bond donors (Lipinski definition) is 1. The van der Waals surface area contributed by atoms with Gasteiger partial charge in [0.15, 0.2) is 0 Å². The maximum absolute atomic E-state index is 12.7. The minimum atomic E-state index is 0.0464. The second-order valence-electron chi connectivity index (χ2n) is 5.55. The summed E-state index contributed by atoms with van der Waals surface area (Å²) in [4.78, 5) is 14.4. The number of amides is 1. The quantitative estimate of drug-likeness (QED) is 0.938. The Bertz CT molecular complexity index is 662. The third-order valence-corrected chi connectivity index (χ3v) is 3.83. The standard InChI is InChI=1S/C16H20N4O/c1-19(10-12-9-18-20(2)11-12)16(21)14-7-3-5-13-6-4-8-17-15(13)14/h3,5,7,9,11,17H,4,6,8,10H2,1-2H3. The summed E-state index contributed by atoms with van der Waals surface area (Å²) >= 11 is 0. The Labute approximate surface area is 124 Å². The van der Waals surface area contributed by atoms with Gasteiger partial charge in [-0.05, 0) is 24.5 Å². The molecule has 1 aromatic carbocycles. The number of aromatic nitrogens is 2. The number of para-hydroxylation sites is 1. The fourth-order valence-corrected chi connectivity index (χ4v) is 2.79. The van der Waals surface area contributed by atoms with Gasteiger partial charge in [0, 0.05) is 38.9 Å². The summed E-state index contributed by atoms with van der Waals surface area (Å²) < 4.78 is 1.75. The third kappa shape index (κ3) is 2.77. The molecule has 110 valence electrons. The monoisotopic (exact) mass is 284 g/mol. The van der Waals surface area contributed by atoms with E-state index >= 15 is 0 Å². The molecule has 0 fully saturated rings. The van der Waals surface area contributed by atoms with Crippen LogP contribution in [0.15, 0.2) is 30.6 Å². The lowest BCUT2D eigenvalue weighted by molar-refractivity contribution is 0.0786. The molecule has 0 atom stereocenters. The number of hydrogen-bond acceptors (Lipinski definition) is 3. The van der Waals surface area contributed by atoms with Crippen LogP contribution in [0.4, 0.5) is 5.69 Å². The van der Waals surface area contributed by atoms with E-state index in [1.807, 2.05) is 32.4 Å². The van der Waals surface area contributed by atoms with Gasteiger partial charge in [0.1, 0.15) is 0 Å². The van der Waals surface area contributed by atoms with Gasteiger partial charge >= 0.3 is 0 Å². The molecule has 1 aromatic heterocycles. The molecule has 0 unspecified atom stereocenters. The Hall–Kier alpha value is -2.30. The van der Waals surface area contributed by atoms with Crippen LogP contribution >= 0.6 is 0 Å². The van der Waals surface area contributed by atoms with Crippen molar-refractivity contribution in [1.82, 2.24) is 14.7 Å². The van der Waals surface area contributed by atoms with Crippen molar-refractivity contribution in [3.05, 3.63) is 47.3 Å². The van der Waals surface area contributed by atoms with Crippen molar-refractivity contribution in [2.24, 2.45) is 7.05 Å². The second-order valence-corrected chi connectivity index (χ2v) is 5.55. The molecular weight excluding hydrogens is 264 g/mol. The number of fused-ring (bicyclic) bond motifs is 1. The van der Waals surface area contributed by atoms with E-state index in [1.165, 1.54) is 5.56 Å². The lowest BCUT2D eigenvalue weighted by Crippen LogP contribution is -2.28. The Balaban J connectivity index is 1.81. The minimum Gasteiger partial charge on any atom is -0.384 e. The van der Waals surface area contributed by atoms with Crippen molar-refractivity contribution in [2.75, 3.05) is 18.9 Å². The molecule has 2 aromatic rings. The lowest BCUT2D eigenvalue weighted by atomic mass is 9.99. The molecule has 1 amide bonds. The lowest BCUT2D eigenvalue weighted by Gasteiger charge is -2.23. The van der Waals surface area contributed by atoms with Crippen molar-refractivity contribution in [2.45, 2.75) is 19.4 Å². The first kappa shape index (κ1) is 13.7. The molecule has 0 bridgehead atoms. The first-order chi connectivity index (χ1) is 10.1. The van der Waals surface area contributed by atoms with Crippen molar-refractivity contribution in [3.8, 4) is 0 Å². The van der Waals surface area contributed by atoms with Gasteiger partial charge < -0.3 is 10.2 Å². The second kappa shape index (κ2) is 5.60. The number of carbonyl (C=O) groups is 1. The molecule has 3 rings (SSSR count). The average Bonchev–Trinajstić information content (AvgIpc) is 2.91. The Morgan fingerprint density at radius 2 is 2.33 bits per heavy atom. The number of rotatable bonds is 3. The van der Waals surface area contributed by atoms with Crippen LogP contribution in [0.25, 0.3) is 0 Å². The Morgan fingerprint density at radius 1 is 1.48 bits per heavy atom. The molecule has 1 aliphatic rings. The maximum Gasteiger partial charge on any atom is 0.256 e. The smallest absolute Gasteiger partial charge is 0.256 e. The fourth-order valence-electron chi connectivity index (χ4n) is 2.79. The zero-order chi connectivity index (χ0) is 14.8. The molecule has 0 spiro atoms. The summed E-state index contributed by atoms with van der Waals surface area (Å²) in [5.41, 5.74) is 4.04. The highest BCUT2D eigenvalue weighted by molar-refractivity contribution is 6.00. The number of anilines is 1. The van der Waals surface area contributed by atoms with Crippen LogP contribution in [-0.4, -0.2) is 34.2 Å². The van der Waals surface area contributed by atoms with Gasteiger partial charge in [-0.1, -0.05) is 12.1 Å². The van der Waals surface area contributed by atoms with Crippen LogP contribution in [0.2, 0.25) is 0 Å². The molecule has 0 radical (unpaired) electrons. The molecule has 0 aliphatic carbocycles. The van der Waals surface area contributed by atoms with Gasteiger partial charge in [-0.3, -0.25) is 9.48 Å². The third-order valence-electron chi connectivity index (χ3n) is 3.83. The highest BCUT2D eigenvalue weighted by Gasteiger charge is 2.20. The zero-order valence-corrected chi connectivity index (χ0v) is 12.5.